The average molecular weight is 425 g/mol. The van der Waals surface area contributed by atoms with E-state index in [1.54, 1.807) is 6.07 Å². The topological polar surface area (TPSA) is 60.7 Å². The van der Waals surface area contributed by atoms with Crippen molar-refractivity contribution in [3.8, 4) is 0 Å². The fourth-order valence-electron chi connectivity index (χ4n) is 2.44. The normalized spacial score (nSPS) is 11.0. The number of aromatic amines is 2. The molecule has 2 aromatic heterocycles. The predicted octanol–water partition coefficient (Wildman–Crippen LogP) is 4.38. The zero-order chi connectivity index (χ0) is 15.5. The summed E-state index contributed by atoms with van der Waals surface area (Å²) in [5, 5.41) is 4.18. The molecule has 3 rings (SSSR count). The van der Waals surface area contributed by atoms with E-state index in [9.17, 15) is 4.79 Å². The van der Waals surface area contributed by atoms with Gasteiger partial charge in [0.05, 0.1) is 9.08 Å². The lowest BCUT2D eigenvalue weighted by Gasteiger charge is -2.03. The Morgan fingerprint density at radius 3 is 2.82 bits per heavy atom. The molecule has 0 unspecified atom stereocenters. The number of fused-ring (bicyclic) bond motifs is 1. The molecule has 3 aromatic rings. The largest absolute Gasteiger partial charge is 0.361 e. The third-order valence-electron chi connectivity index (χ3n) is 3.55. The minimum atomic E-state index is -0.0923. The van der Waals surface area contributed by atoms with Crippen molar-refractivity contribution in [2.75, 3.05) is 6.54 Å². The molecular formula is C16H15Br2N3O. The molecule has 6 heteroatoms. The molecule has 1 aromatic carbocycles. The molecule has 0 aliphatic rings. The lowest BCUT2D eigenvalue weighted by molar-refractivity contribution is 0.0949. The molecule has 0 radical (unpaired) electrons. The minimum absolute atomic E-state index is 0.0923. The van der Waals surface area contributed by atoms with Gasteiger partial charge in [0, 0.05) is 23.6 Å². The number of hydrogen-bond acceptors (Lipinski definition) is 1. The SMILES string of the molecule is O=C(NCCCc1c[nH]c2ccccc12)c1cc(Br)c(Br)[nH]1. The van der Waals surface area contributed by atoms with E-state index in [4.69, 9.17) is 0 Å². The molecule has 0 fully saturated rings. The lowest BCUT2D eigenvalue weighted by atomic mass is 10.1. The van der Waals surface area contributed by atoms with Crippen molar-refractivity contribution in [1.82, 2.24) is 15.3 Å². The minimum Gasteiger partial charge on any atom is -0.361 e. The van der Waals surface area contributed by atoms with Gasteiger partial charge >= 0.3 is 0 Å². The molecule has 0 bridgehead atoms. The van der Waals surface area contributed by atoms with E-state index in [1.165, 1.54) is 10.9 Å². The van der Waals surface area contributed by atoms with Crippen molar-refractivity contribution in [2.45, 2.75) is 12.8 Å². The Balaban J connectivity index is 1.52. The summed E-state index contributed by atoms with van der Waals surface area (Å²) in [6, 6.07) is 10.0. The molecule has 0 spiro atoms. The standard InChI is InChI=1S/C16H15Br2N3O/c17-12-8-14(21-15(12)18)16(22)19-7-3-4-10-9-20-13-6-2-1-5-11(10)13/h1-2,5-6,8-9,20-21H,3-4,7H2,(H,19,22). The number of benzene rings is 1. The van der Waals surface area contributed by atoms with Crippen molar-refractivity contribution < 1.29 is 4.79 Å². The quantitative estimate of drug-likeness (QED) is 0.523. The highest BCUT2D eigenvalue weighted by Crippen LogP contribution is 2.23. The number of aromatic nitrogens is 2. The number of hydrogen-bond donors (Lipinski definition) is 3. The number of aryl methyl sites for hydroxylation is 1. The number of carbonyl (C=O) groups excluding carboxylic acids is 1. The van der Waals surface area contributed by atoms with Crippen molar-refractivity contribution >= 4 is 48.7 Å². The van der Waals surface area contributed by atoms with Gasteiger partial charge in [-0.25, -0.2) is 0 Å². The Kier molecular flexibility index (Phi) is 4.69. The zero-order valence-corrected chi connectivity index (χ0v) is 14.9. The molecule has 4 nitrogen and oxygen atoms in total. The highest BCUT2D eigenvalue weighted by molar-refractivity contribution is 9.13. The first-order chi connectivity index (χ1) is 10.6. The Bertz CT molecular complexity index is 787. The van der Waals surface area contributed by atoms with Crippen molar-refractivity contribution in [3.05, 3.63) is 56.9 Å². The number of para-hydroxylation sites is 1. The van der Waals surface area contributed by atoms with Crippen LogP contribution in [0.1, 0.15) is 22.5 Å². The first-order valence-electron chi connectivity index (χ1n) is 7.02. The lowest BCUT2D eigenvalue weighted by Crippen LogP contribution is -2.25. The number of amides is 1. The fraction of sp³-hybridized carbons (Fsp3) is 0.188. The summed E-state index contributed by atoms with van der Waals surface area (Å²) >= 11 is 6.68. The maximum absolute atomic E-state index is 12.0. The maximum atomic E-state index is 12.0. The van der Waals surface area contributed by atoms with E-state index in [1.807, 2.05) is 18.3 Å². The van der Waals surface area contributed by atoms with Crippen LogP contribution in [-0.2, 0) is 6.42 Å². The van der Waals surface area contributed by atoms with Gasteiger partial charge < -0.3 is 15.3 Å². The van der Waals surface area contributed by atoms with Gasteiger partial charge in [-0.2, -0.15) is 0 Å². The Labute approximate surface area is 144 Å². The van der Waals surface area contributed by atoms with Gasteiger partial charge in [-0.05, 0) is 62.4 Å². The summed E-state index contributed by atoms with van der Waals surface area (Å²) in [7, 11) is 0. The summed E-state index contributed by atoms with van der Waals surface area (Å²) in [6.45, 7) is 0.645. The van der Waals surface area contributed by atoms with Gasteiger partial charge in [-0.3, -0.25) is 4.79 Å². The Hall–Kier alpha value is -1.53. The fourth-order valence-corrected chi connectivity index (χ4v) is 3.10. The monoisotopic (exact) mass is 423 g/mol. The summed E-state index contributed by atoms with van der Waals surface area (Å²) in [6.07, 6.45) is 3.88. The second kappa shape index (κ2) is 6.71. The highest BCUT2D eigenvalue weighted by atomic mass is 79.9. The zero-order valence-electron chi connectivity index (χ0n) is 11.7. The van der Waals surface area contributed by atoms with Crippen LogP contribution in [0, 0.1) is 0 Å². The molecule has 114 valence electrons. The number of halogens is 2. The molecule has 1 amide bonds. The second-order valence-electron chi connectivity index (χ2n) is 5.06. The van der Waals surface area contributed by atoms with E-state index >= 15 is 0 Å². The van der Waals surface area contributed by atoms with Crippen LogP contribution in [0.25, 0.3) is 10.9 Å². The maximum Gasteiger partial charge on any atom is 0.267 e. The molecule has 2 heterocycles. The van der Waals surface area contributed by atoms with Gasteiger partial charge in [0.1, 0.15) is 5.69 Å². The molecule has 0 aliphatic carbocycles. The average Bonchev–Trinajstić information content (AvgIpc) is 3.08. The molecule has 0 atom stereocenters. The number of nitrogens with one attached hydrogen (secondary N) is 3. The molecule has 0 saturated heterocycles. The highest BCUT2D eigenvalue weighted by Gasteiger charge is 2.10. The summed E-state index contributed by atoms with van der Waals surface area (Å²) in [5.41, 5.74) is 2.99. The van der Waals surface area contributed by atoms with Crippen LogP contribution < -0.4 is 5.32 Å². The number of H-pyrrole nitrogens is 2. The van der Waals surface area contributed by atoms with Crippen LogP contribution in [0.15, 0.2) is 45.6 Å². The first kappa shape index (κ1) is 15.4. The van der Waals surface area contributed by atoms with E-state index in [-0.39, 0.29) is 5.91 Å². The number of carbonyl (C=O) groups is 1. The van der Waals surface area contributed by atoms with Crippen molar-refractivity contribution in [3.63, 3.8) is 0 Å². The van der Waals surface area contributed by atoms with E-state index in [0.717, 1.165) is 27.4 Å². The van der Waals surface area contributed by atoms with Gasteiger partial charge in [0.2, 0.25) is 0 Å². The van der Waals surface area contributed by atoms with Gasteiger partial charge in [0.25, 0.3) is 5.91 Å². The van der Waals surface area contributed by atoms with Crippen LogP contribution in [-0.4, -0.2) is 22.4 Å². The second-order valence-corrected chi connectivity index (χ2v) is 6.71. The third kappa shape index (κ3) is 3.28. The van der Waals surface area contributed by atoms with Crippen molar-refractivity contribution in [2.24, 2.45) is 0 Å². The van der Waals surface area contributed by atoms with Crippen LogP contribution in [0.2, 0.25) is 0 Å². The predicted molar refractivity (Wildman–Crippen MR) is 95.1 cm³/mol. The van der Waals surface area contributed by atoms with E-state index < -0.39 is 0 Å². The Morgan fingerprint density at radius 2 is 2.05 bits per heavy atom. The summed E-state index contributed by atoms with van der Waals surface area (Å²) < 4.78 is 1.62. The Morgan fingerprint density at radius 1 is 1.23 bits per heavy atom. The third-order valence-corrected chi connectivity index (χ3v) is 5.34. The van der Waals surface area contributed by atoms with Crippen molar-refractivity contribution in [1.29, 1.82) is 0 Å². The van der Waals surface area contributed by atoms with Gasteiger partial charge in [0.15, 0.2) is 0 Å². The van der Waals surface area contributed by atoms with E-state index in [0.29, 0.717) is 12.2 Å². The van der Waals surface area contributed by atoms with Crippen LogP contribution in [0.4, 0.5) is 0 Å². The molecule has 0 aliphatic heterocycles. The molecule has 3 N–H and O–H groups in total. The van der Waals surface area contributed by atoms with Crippen LogP contribution >= 0.6 is 31.9 Å². The summed E-state index contributed by atoms with van der Waals surface area (Å²) in [5.74, 6) is -0.0923. The van der Waals surface area contributed by atoms with E-state index in [2.05, 4.69) is 59.3 Å². The van der Waals surface area contributed by atoms with Gasteiger partial charge in [-0.15, -0.1) is 0 Å². The van der Waals surface area contributed by atoms with Gasteiger partial charge in [-0.1, -0.05) is 18.2 Å². The molecule has 22 heavy (non-hydrogen) atoms. The molecular weight excluding hydrogens is 410 g/mol. The smallest absolute Gasteiger partial charge is 0.267 e. The number of rotatable bonds is 5. The van der Waals surface area contributed by atoms with Crippen LogP contribution in [0.5, 0.6) is 0 Å². The molecule has 0 saturated carbocycles. The summed E-state index contributed by atoms with van der Waals surface area (Å²) in [4.78, 5) is 18.2. The van der Waals surface area contributed by atoms with Crippen LogP contribution in [0.3, 0.4) is 0 Å². The first-order valence-corrected chi connectivity index (χ1v) is 8.61.